The summed E-state index contributed by atoms with van der Waals surface area (Å²) in [6, 6.07) is 12.5. The van der Waals surface area contributed by atoms with Crippen LogP contribution in [0.1, 0.15) is 25.7 Å². The average Bonchev–Trinajstić information content (AvgIpc) is 3.07. The van der Waals surface area contributed by atoms with Crippen LogP contribution in [0.4, 0.5) is 21.3 Å². The number of aromatic nitrogens is 1. The summed E-state index contributed by atoms with van der Waals surface area (Å²) < 4.78 is 4.64. The SMILES string of the molecule is COC(=O)c1ccc(NC(=O)c2sc(NC(=O)Nc3cccc(Cl)c3)nc2C)cc1. The number of nitrogens with zero attached hydrogens (tertiary/aromatic N) is 1. The fraction of sp³-hybridized carbons (Fsp3) is 0.100. The van der Waals surface area contributed by atoms with E-state index in [9.17, 15) is 14.4 Å². The van der Waals surface area contributed by atoms with E-state index < -0.39 is 12.0 Å². The van der Waals surface area contributed by atoms with Gasteiger partial charge in [-0.05, 0) is 49.4 Å². The van der Waals surface area contributed by atoms with Crippen molar-refractivity contribution in [2.24, 2.45) is 0 Å². The molecule has 3 aromatic rings. The number of anilines is 3. The van der Waals surface area contributed by atoms with Crippen molar-refractivity contribution in [1.29, 1.82) is 0 Å². The molecule has 3 rings (SSSR count). The predicted octanol–water partition coefficient (Wildman–Crippen LogP) is 4.79. The van der Waals surface area contributed by atoms with E-state index in [1.165, 1.54) is 7.11 Å². The largest absolute Gasteiger partial charge is 0.465 e. The summed E-state index contributed by atoms with van der Waals surface area (Å²) >= 11 is 6.94. The molecule has 1 heterocycles. The van der Waals surface area contributed by atoms with Crippen molar-refractivity contribution in [1.82, 2.24) is 4.98 Å². The Morgan fingerprint density at radius 2 is 1.73 bits per heavy atom. The van der Waals surface area contributed by atoms with Gasteiger partial charge in [-0.3, -0.25) is 10.1 Å². The molecule has 0 fully saturated rings. The highest BCUT2D eigenvalue weighted by atomic mass is 35.5. The van der Waals surface area contributed by atoms with E-state index in [0.717, 1.165) is 11.3 Å². The molecule has 0 bridgehead atoms. The Kier molecular flexibility index (Phi) is 6.65. The van der Waals surface area contributed by atoms with E-state index >= 15 is 0 Å². The van der Waals surface area contributed by atoms with Crippen molar-refractivity contribution in [2.75, 3.05) is 23.1 Å². The van der Waals surface area contributed by atoms with Gasteiger partial charge in [0.1, 0.15) is 4.88 Å². The third kappa shape index (κ3) is 5.34. The van der Waals surface area contributed by atoms with Gasteiger partial charge in [-0.2, -0.15) is 0 Å². The minimum Gasteiger partial charge on any atom is -0.465 e. The third-order valence-electron chi connectivity index (χ3n) is 3.87. The van der Waals surface area contributed by atoms with Crippen molar-refractivity contribution in [3.63, 3.8) is 0 Å². The van der Waals surface area contributed by atoms with E-state index in [1.807, 2.05) is 0 Å². The van der Waals surface area contributed by atoms with Crippen LogP contribution in [0.2, 0.25) is 5.02 Å². The van der Waals surface area contributed by atoms with Gasteiger partial charge in [-0.25, -0.2) is 14.6 Å². The van der Waals surface area contributed by atoms with Gasteiger partial charge >= 0.3 is 12.0 Å². The van der Waals surface area contributed by atoms with Gasteiger partial charge in [0.15, 0.2) is 5.13 Å². The second kappa shape index (κ2) is 9.38. The molecule has 2 aromatic carbocycles. The minimum atomic E-state index is -0.503. The molecule has 0 aliphatic rings. The van der Waals surface area contributed by atoms with E-state index in [4.69, 9.17) is 11.6 Å². The highest BCUT2D eigenvalue weighted by Gasteiger charge is 2.17. The summed E-state index contributed by atoms with van der Waals surface area (Å²) in [7, 11) is 1.30. The number of amides is 3. The maximum atomic E-state index is 12.6. The predicted molar refractivity (Wildman–Crippen MR) is 117 cm³/mol. The number of rotatable bonds is 5. The molecule has 154 valence electrons. The molecule has 10 heteroatoms. The first-order valence-electron chi connectivity index (χ1n) is 8.66. The highest BCUT2D eigenvalue weighted by molar-refractivity contribution is 7.17. The zero-order valence-corrected chi connectivity index (χ0v) is 17.6. The van der Waals surface area contributed by atoms with Crippen molar-refractivity contribution in [2.45, 2.75) is 6.92 Å². The summed E-state index contributed by atoms with van der Waals surface area (Å²) in [4.78, 5) is 40.8. The molecule has 1 aromatic heterocycles. The van der Waals surface area contributed by atoms with E-state index in [-0.39, 0.29) is 11.0 Å². The van der Waals surface area contributed by atoms with Crippen molar-refractivity contribution in [3.05, 3.63) is 69.7 Å². The lowest BCUT2D eigenvalue weighted by molar-refractivity contribution is 0.0600. The van der Waals surface area contributed by atoms with Crippen LogP contribution in [-0.2, 0) is 4.74 Å². The van der Waals surface area contributed by atoms with Crippen LogP contribution in [0.15, 0.2) is 48.5 Å². The Morgan fingerprint density at radius 1 is 1.00 bits per heavy atom. The van der Waals surface area contributed by atoms with Gasteiger partial charge in [0.25, 0.3) is 5.91 Å². The van der Waals surface area contributed by atoms with Crippen LogP contribution < -0.4 is 16.0 Å². The molecule has 0 saturated heterocycles. The highest BCUT2D eigenvalue weighted by Crippen LogP contribution is 2.24. The normalized spacial score (nSPS) is 10.2. The van der Waals surface area contributed by atoms with Crippen LogP contribution in [-0.4, -0.2) is 30.0 Å². The molecule has 0 radical (unpaired) electrons. The Balaban J connectivity index is 1.64. The Hall–Kier alpha value is -3.43. The number of thiazole rings is 1. The zero-order chi connectivity index (χ0) is 21.7. The molecule has 0 unspecified atom stereocenters. The molecule has 0 spiro atoms. The van der Waals surface area contributed by atoms with Crippen molar-refractivity contribution >= 4 is 57.4 Å². The van der Waals surface area contributed by atoms with Crippen molar-refractivity contribution < 1.29 is 19.1 Å². The maximum absolute atomic E-state index is 12.6. The lowest BCUT2D eigenvalue weighted by atomic mass is 10.2. The second-order valence-corrected chi connectivity index (χ2v) is 7.48. The summed E-state index contributed by atoms with van der Waals surface area (Å²) in [5.41, 5.74) is 1.89. The minimum absolute atomic E-state index is 0.276. The first-order chi connectivity index (χ1) is 14.4. The van der Waals surface area contributed by atoms with Crippen LogP contribution >= 0.6 is 22.9 Å². The Morgan fingerprint density at radius 3 is 2.40 bits per heavy atom. The van der Waals surface area contributed by atoms with Gasteiger partial charge in [0.2, 0.25) is 0 Å². The number of carbonyl (C=O) groups excluding carboxylic acids is 3. The zero-order valence-electron chi connectivity index (χ0n) is 16.0. The molecule has 3 N–H and O–H groups in total. The van der Waals surface area contributed by atoms with E-state index in [0.29, 0.717) is 32.5 Å². The molecule has 0 aliphatic carbocycles. The number of benzene rings is 2. The van der Waals surface area contributed by atoms with Gasteiger partial charge in [0.05, 0.1) is 18.4 Å². The fourth-order valence-electron chi connectivity index (χ4n) is 2.48. The standard InChI is InChI=1S/C20H17ClN4O4S/c1-11-16(17(26)23-14-8-6-12(7-9-14)18(27)29-2)30-20(22-11)25-19(28)24-15-5-3-4-13(21)10-15/h3-10H,1-2H3,(H,23,26)(H2,22,24,25,28). The lowest BCUT2D eigenvalue weighted by Crippen LogP contribution is -2.19. The summed E-state index contributed by atoms with van der Waals surface area (Å²) in [6.45, 7) is 1.67. The van der Waals surface area contributed by atoms with E-state index in [1.54, 1.807) is 55.5 Å². The first kappa shape index (κ1) is 21.3. The first-order valence-corrected chi connectivity index (χ1v) is 9.86. The second-order valence-electron chi connectivity index (χ2n) is 6.05. The molecular weight excluding hydrogens is 428 g/mol. The number of methoxy groups -OCH3 is 1. The topological polar surface area (TPSA) is 109 Å². The molecule has 3 amide bonds. The molecule has 0 saturated carbocycles. The molecule has 8 nitrogen and oxygen atoms in total. The van der Waals surface area contributed by atoms with Crippen LogP contribution in [0.25, 0.3) is 0 Å². The smallest absolute Gasteiger partial charge is 0.337 e. The Labute approximate surface area is 181 Å². The molecule has 0 aliphatic heterocycles. The number of hydrogen-bond donors (Lipinski definition) is 3. The molecular formula is C20H17ClN4O4S. The molecule has 30 heavy (non-hydrogen) atoms. The number of carbonyl (C=O) groups is 3. The van der Waals surface area contributed by atoms with Crippen LogP contribution in [0.3, 0.4) is 0 Å². The van der Waals surface area contributed by atoms with Gasteiger partial charge < -0.3 is 15.4 Å². The van der Waals surface area contributed by atoms with Gasteiger partial charge in [0, 0.05) is 16.4 Å². The van der Waals surface area contributed by atoms with E-state index in [2.05, 4.69) is 25.7 Å². The number of esters is 1. The lowest BCUT2D eigenvalue weighted by Gasteiger charge is -2.05. The third-order valence-corrected chi connectivity index (χ3v) is 5.18. The number of nitrogens with one attached hydrogen (secondary N) is 3. The quantitative estimate of drug-likeness (QED) is 0.490. The maximum Gasteiger partial charge on any atom is 0.337 e. The van der Waals surface area contributed by atoms with Crippen LogP contribution in [0.5, 0.6) is 0 Å². The Bertz CT molecular complexity index is 1100. The van der Waals surface area contributed by atoms with Crippen LogP contribution in [0, 0.1) is 6.92 Å². The number of aryl methyl sites for hydroxylation is 1. The average molecular weight is 445 g/mol. The monoisotopic (exact) mass is 444 g/mol. The number of urea groups is 1. The fourth-order valence-corrected chi connectivity index (χ4v) is 3.53. The number of halogens is 1. The van der Waals surface area contributed by atoms with Gasteiger partial charge in [-0.1, -0.05) is 29.0 Å². The summed E-state index contributed by atoms with van der Waals surface area (Å²) in [5.74, 6) is -0.836. The summed E-state index contributed by atoms with van der Waals surface area (Å²) in [5, 5.41) is 8.75. The van der Waals surface area contributed by atoms with Gasteiger partial charge in [-0.15, -0.1) is 0 Å². The summed E-state index contributed by atoms with van der Waals surface area (Å²) in [6.07, 6.45) is 0. The molecule has 0 atom stereocenters. The number of hydrogen-bond acceptors (Lipinski definition) is 6. The number of ether oxygens (including phenoxy) is 1. The van der Waals surface area contributed by atoms with Crippen molar-refractivity contribution in [3.8, 4) is 0 Å².